The van der Waals surface area contributed by atoms with E-state index in [0.717, 1.165) is 23.5 Å². The van der Waals surface area contributed by atoms with Crippen molar-refractivity contribution in [3.8, 4) is 0 Å². The third-order valence-electron chi connectivity index (χ3n) is 4.08. The van der Waals surface area contributed by atoms with Gasteiger partial charge in [0, 0.05) is 35.2 Å². The van der Waals surface area contributed by atoms with Gasteiger partial charge in [-0.05, 0) is 54.8 Å². The van der Waals surface area contributed by atoms with Crippen LogP contribution in [-0.4, -0.2) is 24.7 Å². The Morgan fingerprint density at radius 2 is 1.71 bits per heavy atom. The van der Waals surface area contributed by atoms with Gasteiger partial charge in [0.05, 0.1) is 5.75 Å². The largest absolute Gasteiger partial charge is 0.372 e. The Balaban J connectivity index is 1.43. The van der Waals surface area contributed by atoms with Crippen LogP contribution in [0.2, 0.25) is 5.02 Å². The molecule has 0 aromatic heterocycles. The molecular formula is C19H21ClN2OS. The number of amides is 1. The molecule has 1 N–H and O–H groups in total. The lowest BCUT2D eigenvalue weighted by molar-refractivity contribution is -0.118. The first-order valence-electron chi connectivity index (χ1n) is 8.20. The number of anilines is 1. The van der Waals surface area contributed by atoms with Crippen molar-refractivity contribution in [3.63, 3.8) is 0 Å². The molecule has 1 amide bonds. The quantitative estimate of drug-likeness (QED) is 0.777. The number of halogens is 1. The number of benzene rings is 2. The lowest BCUT2D eigenvalue weighted by Crippen LogP contribution is -2.24. The van der Waals surface area contributed by atoms with E-state index in [0.29, 0.717) is 17.3 Å². The molecule has 2 aromatic rings. The Kier molecular flexibility index (Phi) is 6.05. The number of rotatable bonds is 6. The number of thioether (sulfide) groups is 1. The van der Waals surface area contributed by atoms with Crippen LogP contribution in [-0.2, 0) is 11.3 Å². The summed E-state index contributed by atoms with van der Waals surface area (Å²) in [6.07, 6.45) is 2.56. The summed E-state index contributed by atoms with van der Waals surface area (Å²) < 4.78 is 0. The van der Waals surface area contributed by atoms with E-state index in [2.05, 4.69) is 34.5 Å². The van der Waals surface area contributed by atoms with Gasteiger partial charge in [-0.15, -0.1) is 11.8 Å². The summed E-state index contributed by atoms with van der Waals surface area (Å²) in [5.74, 6) is 0.451. The van der Waals surface area contributed by atoms with Gasteiger partial charge in [0.1, 0.15) is 0 Å². The summed E-state index contributed by atoms with van der Waals surface area (Å²) in [6.45, 7) is 2.87. The molecule has 24 heavy (non-hydrogen) atoms. The van der Waals surface area contributed by atoms with E-state index in [4.69, 9.17) is 11.6 Å². The van der Waals surface area contributed by atoms with Crippen LogP contribution in [0, 0.1) is 0 Å². The highest BCUT2D eigenvalue weighted by molar-refractivity contribution is 8.00. The first kappa shape index (κ1) is 17.2. The highest BCUT2D eigenvalue weighted by Crippen LogP contribution is 2.21. The second-order valence-electron chi connectivity index (χ2n) is 5.88. The smallest absolute Gasteiger partial charge is 0.230 e. The molecule has 1 aliphatic rings. The van der Waals surface area contributed by atoms with Gasteiger partial charge >= 0.3 is 0 Å². The number of hydrogen-bond donors (Lipinski definition) is 1. The molecule has 1 fully saturated rings. The van der Waals surface area contributed by atoms with Crippen molar-refractivity contribution >= 4 is 35.0 Å². The Morgan fingerprint density at radius 1 is 1.04 bits per heavy atom. The molecule has 1 saturated heterocycles. The molecule has 0 unspecified atom stereocenters. The molecule has 0 atom stereocenters. The van der Waals surface area contributed by atoms with Gasteiger partial charge < -0.3 is 10.2 Å². The van der Waals surface area contributed by atoms with Crippen LogP contribution in [0.4, 0.5) is 5.69 Å². The Labute approximate surface area is 152 Å². The monoisotopic (exact) mass is 360 g/mol. The summed E-state index contributed by atoms with van der Waals surface area (Å²) >= 11 is 7.37. The first-order valence-corrected chi connectivity index (χ1v) is 9.56. The Bertz CT molecular complexity index is 667. The van der Waals surface area contributed by atoms with E-state index in [1.807, 2.05) is 24.3 Å². The summed E-state index contributed by atoms with van der Waals surface area (Å²) in [5, 5.41) is 3.68. The number of carbonyl (C=O) groups excluding carboxylic acids is 1. The summed E-state index contributed by atoms with van der Waals surface area (Å²) in [7, 11) is 0. The van der Waals surface area contributed by atoms with E-state index in [9.17, 15) is 4.79 Å². The van der Waals surface area contributed by atoms with E-state index in [1.165, 1.54) is 30.3 Å². The van der Waals surface area contributed by atoms with Crippen molar-refractivity contribution in [1.82, 2.24) is 5.32 Å². The van der Waals surface area contributed by atoms with Crippen LogP contribution in [0.15, 0.2) is 53.4 Å². The van der Waals surface area contributed by atoms with E-state index >= 15 is 0 Å². The lowest BCUT2D eigenvalue weighted by Gasteiger charge is -2.17. The fourth-order valence-corrected chi connectivity index (χ4v) is 3.59. The van der Waals surface area contributed by atoms with E-state index in [1.54, 1.807) is 0 Å². The molecule has 126 valence electrons. The number of nitrogens with one attached hydrogen (secondary N) is 1. The maximum Gasteiger partial charge on any atom is 0.230 e. The topological polar surface area (TPSA) is 32.3 Å². The van der Waals surface area contributed by atoms with E-state index < -0.39 is 0 Å². The van der Waals surface area contributed by atoms with Crippen LogP contribution >= 0.6 is 23.4 Å². The molecule has 0 aliphatic carbocycles. The van der Waals surface area contributed by atoms with Crippen LogP contribution in [0.5, 0.6) is 0 Å². The molecule has 1 heterocycles. The summed E-state index contributed by atoms with van der Waals surface area (Å²) in [6, 6.07) is 16.0. The zero-order valence-electron chi connectivity index (χ0n) is 13.5. The van der Waals surface area contributed by atoms with Gasteiger partial charge in [-0.3, -0.25) is 4.79 Å². The number of hydrogen-bond acceptors (Lipinski definition) is 3. The van der Waals surface area contributed by atoms with Crippen LogP contribution in [0.1, 0.15) is 18.4 Å². The molecule has 1 aliphatic heterocycles. The fraction of sp³-hybridized carbons (Fsp3) is 0.316. The molecule has 5 heteroatoms. The zero-order valence-corrected chi connectivity index (χ0v) is 15.1. The third-order valence-corrected chi connectivity index (χ3v) is 5.34. The standard InChI is InChI=1S/C19H21ClN2OS/c20-16-5-9-18(10-6-16)24-14-19(23)21-13-15-3-7-17(8-4-15)22-11-1-2-12-22/h3-10H,1-2,11-14H2,(H,21,23). The maximum absolute atomic E-state index is 12.0. The van der Waals surface area contributed by atoms with Crippen molar-refractivity contribution < 1.29 is 4.79 Å². The molecule has 0 bridgehead atoms. The molecule has 2 aromatic carbocycles. The Morgan fingerprint density at radius 3 is 2.38 bits per heavy atom. The van der Waals surface area contributed by atoms with Gasteiger partial charge in [-0.2, -0.15) is 0 Å². The average molecular weight is 361 g/mol. The van der Waals surface area contributed by atoms with Crippen LogP contribution in [0.3, 0.4) is 0 Å². The molecule has 0 radical (unpaired) electrons. The summed E-state index contributed by atoms with van der Waals surface area (Å²) in [4.78, 5) is 15.4. The molecule has 0 saturated carbocycles. The SMILES string of the molecule is O=C(CSc1ccc(Cl)cc1)NCc1ccc(N2CCCC2)cc1. The van der Waals surface area contributed by atoms with Gasteiger partial charge in [0.25, 0.3) is 0 Å². The van der Waals surface area contributed by atoms with Crippen LogP contribution in [0.25, 0.3) is 0 Å². The van der Waals surface area contributed by atoms with Crippen molar-refractivity contribution in [2.45, 2.75) is 24.3 Å². The number of nitrogens with zero attached hydrogens (tertiary/aromatic N) is 1. The highest BCUT2D eigenvalue weighted by atomic mass is 35.5. The second kappa shape index (κ2) is 8.45. The molecule has 0 spiro atoms. The van der Waals surface area contributed by atoms with Gasteiger partial charge in [0.2, 0.25) is 5.91 Å². The Hall–Kier alpha value is -1.65. The van der Waals surface area contributed by atoms with Gasteiger partial charge in [-0.1, -0.05) is 23.7 Å². The van der Waals surface area contributed by atoms with Crippen LogP contribution < -0.4 is 10.2 Å². The second-order valence-corrected chi connectivity index (χ2v) is 7.37. The minimum absolute atomic E-state index is 0.0403. The van der Waals surface area contributed by atoms with E-state index in [-0.39, 0.29) is 5.91 Å². The molecule has 3 rings (SSSR count). The maximum atomic E-state index is 12.0. The minimum atomic E-state index is 0.0403. The summed E-state index contributed by atoms with van der Waals surface area (Å²) in [5.41, 5.74) is 2.41. The zero-order chi connectivity index (χ0) is 16.8. The number of carbonyl (C=O) groups is 1. The van der Waals surface area contributed by atoms with Crippen molar-refractivity contribution in [3.05, 3.63) is 59.1 Å². The third kappa shape index (κ3) is 4.92. The minimum Gasteiger partial charge on any atom is -0.372 e. The lowest BCUT2D eigenvalue weighted by atomic mass is 10.2. The predicted molar refractivity (Wildman–Crippen MR) is 102 cm³/mol. The highest BCUT2D eigenvalue weighted by Gasteiger charge is 2.11. The first-order chi connectivity index (χ1) is 11.7. The van der Waals surface area contributed by atoms with Gasteiger partial charge in [-0.25, -0.2) is 0 Å². The predicted octanol–water partition coefficient (Wildman–Crippen LogP) is 4.35. The molecular weight excluding hydrogens is 340 g/mol. The average Bonchev–Trinajstić information content (AvgIpc) is 3.14. The van der Waals surface area contributed by atoms with Gasteiger partial charge in [0.15, 0.2) is 0 Å². The van der Waals surface area contributed by atoms with Crippen molar-refractivity contribution in [2.75, 3.05) is 23.7 Å². The normalized spacial score (nSPS) is 14.0. The van der Waals surface area contributed by atoms with Crippen molar-refractivity contribution in [1.29, 1.82) is 0 Å². The van der Waals surface area contributed by atoms with Crippen molar-refractivity contribution in [2.24, 2.45) is 0 Å². The molecule has 3 nitrogen and oxygen atoms in total. The fourth-order valence-electron chi connectivity index (χ4n) is 2.73.